The smallest absolute Gasteiger partial charge is 0.252 e. The van der Waals surface area contributed by atoms with E-state index in [0.29, 0.717) is 17.7 Å². The molecule has 1 amide bonds. The minimum Gasteiger partial charge on any atom is -0.383 e. The third-order valence-electron chi connectivity index (χ3n) is 4.20. The average molecular weight is 364 g/mol. The molecule has 0 unspecified atom stereocenters. The number of aryl methyl sites for hydroxylation is 1. The molecule has 1 aliphatic rings. The highest BCUT2D eigenvalue weighted by Gasteiger charge is 2.30. The molecule has 132 valence electrons. The van der Waals surface area contributed by atoms with E-state index in [2.05, 4.69) is 4.98 Å². The van der Waals surface area contributed by atoms with Gasteiger partial charge in [-0.05, 0) is 42.3 Å². The maximum absolute atomic E-state index is 13.4. The Labute approximate surface area is 144 Å². The summed E-state index contributed by atoms with van der Waals surface area (Å²) in [5.74, 6) is -1.15. The first-order chi connectivity index (χ1) is 11.7. The molecule has 0 bridgehead atoms. The van der Waals surface area contributed by atoms with Gasteiger partial charge in [0.15, 0.2) is 0 Å². The van der Waals surface area contributed by atoms with Crippen LogP contribution in [0.25, 0.3) is 0 Å². The van der Waals surface area contributed by atoms with E-state index < -0.39 is 21.7 Å². The standard InChI is InChI=1S/C16H17FN4O3S/c1-9-6-11(2-3-13(9)17)25(23,24)21-5-4-14-10(8-21)7-12(16(19)22)15(18)20-14/h2-3,6-7H,4-5,8H2,1H3,(H2,18,20)(H2,19,22). The molecule has 1 aliphatic heterocycles. The van der Waals surface area contributed by atoms with Crippen LogP contribution < -0.4 is 11.5 Å². The Morgan fingerprint density at radius 3 is 2.68 bits per heavy atom. The molecule has 0 spiro atoms. The van der Waals surface area contributed by atoms with Crippen LogP contribution >= 0.6 is 0 Å². The lowest BCUT2D eigenvalue weighted by Gasteiger charge is -2.28. The van der Waals surface area contributed by atoms with E-state index >= 15 is 0 Å². The molecule has 1 aromatic carbocycles. The number of nitrogens with two attached hydrogens (primary N) is 2. The Kier molecular flexibility index (Phi) is 4.21. The summed E-state index contributed by atoms with van der Waals surface area (Å²) in [5, 5.41) is 0. The van der Waals surface area contributed by atoms with Crippen LogP contribution in [-0.2, 0) is 23.0 Å². The first kappa shape index (κ1) is 17.3. The van der Waals surface area contributed by atoms with Crippen LogP contribution in [0.3, 0.4) is 0 Å². The van der Waals surface area contributed by atoms with E-state index in [1.165, 1.54) is 29.4 Å². The number of nitrogens with zero attached hydrogens (tertiary/aromatic N) is 2. The summed E-state index contributed by atoms with van der Waals surface area (Å²) in [7, 11) is -3.80. The molecular formula is C16H17FN4O3S. The lowest BCUT2D eigenvalue weighted by atomic mass is 10.0. The maximum atomic E-state index is 13.4. The number of amides is 1. The monoisotopic (exact) mass is 364 g/mol. The highest BCUT2D eigenvalue weighted by molar-refractivity contribution is 7.89. The van der Waals surface area contributed by atoms with E-state index in [4.69, 9.17) is 11.5 Å². The Balaban J connectivity index is 1.97. The minimum absolute atomic E-state index is 0.0216. The molecule has 0 atom stereocenters. The normalized spacial score (nSPS) is 15.0. The first-order valence-corrected chi connectivity index (χ1v) is 8.98. The number of rotatable bonds is 3. The van der Waals surface area contributed by atoms with Crippen LogP contribution in [0.4, 0.5) is 10.2 Å². The fourth-order valence-electron chi connectivity index (χ4n) is 2.79. The number of nitrogen functional groups attached to an aromatic ring is 1. The van der Waals surface area contributed by atoms with E-state index in [1.807, 2.05) is 0 Å². The summed E-state index contributed by atoms with van der Waals surface area (Å²) in [6, 6.07) is 5.16. The number of hydrogen-bond acceptors (Lipinski definition) is 5. The number of halogens is 1. The van der Waals surface area contributed by atoms with Gasteiger partial charge >= 0.3 is 0 Å². The quantitative estimate of drug-likeness (QED) is 0.840. The second-order valence-corrected chi connectivity index (χ2v) is 7.83. The van der Waals surface area contributed by atoms with Crippen molar-refractivity contribution in [1.29, 1.82) is 0 Å². The predicted octanol–water partition coefficient (Wildman–Crippen LogP) is 0.957. The van der Waals surface area contributed by atoms with Gasteiger partial charge in [-0.1, -0.05) is 0 Å². The topological polar surface area (TPSA) is 119 Å². The SMILES string of the molecule is Cc1cc(S(=O)(=O)N2CCc3nc(N)c(C(N)=O)cc3C2)ccc1F. The van der Waals surface area contributed by atoms with Crippen molar-refractivity contribution in [1.82, 2.24) is 9.29 Å². The molecule has 0 saturated heterocycles. The molecule has 4 N–H and O–H groups in total. The van der Waals surface area contributed by atoms with Crippen LogP contribution in [0.5, 0.6) is 0 Å². The Morgan fingerprint density at radius 2 is 2.04 bits per heavy atom. The van der Waals surface area contributed by atoms with Crippen molar-refractivity contribution in [3.05, 3.63) is 52.5 Å². The van der Waals surface area contributed by atoms with Gasteiger partial charge in [0, 0.05) is 25.2 Å². The van der Waals surface area contributed by atoms with Gasteiger partial charge in [-0.3, -0.25) is 4.79 Å². The number of primary amides is 1. The van der Waals surface area contributed by atoms with E-state index in [1.54, 1.807) is 0 Å². The number of pyridine rings is 1. The summed E-state index contributed by atoms with van der Waals surface area (Å²) >= 11 is 0. The summed E-state index contributed by atoms with van der Waals surface area (Å²) in [6.07, 6.45) is 0.359. The molecular weight excluding hydrogens is 347 g/mol. The fraction of sp³-hybridized carbons (Fsp3) is 0.250. The van der Waals surface area contributed by atoms with Gasteiger partial charge in [0.25, 0.3) is 5.91 Å². The number of carbonyl (C=O) groups is 1. The number of fused-ring (bicyclic) bond motifs is 1. The van der Waals surface area contributed by atoms with E-state index in [-0.39, 0.29) is 34.9 Å². The van der Waals surface area contributed by atoms with Crippen LogP contribution in [-0.4, -0.2) is 30.2 Å². The molecule has 0 aliphatic carbocycles. The van der Waals surface area contributed by atoms with Crippen molar-refractivity contribution in [3.8, 4) is 0 Å². The number of anilines is 1. The zero-order valence-electron chi connectivity index (χ0n) is 13.5. The summed E-state index contributed by atoms with van der Waals surface area (Å²) < 4.78 is 40.3. The molecule has 2 aromatic rings. The van der Waals surface area contributed by atoms with Gasteiger partial charge in [0.1, 0.15) is 11.6 Å². The second-order valence-electron chi connectivity index (χ2n) is 5.89. The number of aromatic nitrogens is 1. The van der Waals surface area contributed by atoms with Crippen molar-refractivity contribution in [2.45, 2.75) is 24.8 Å². The van der Waals surface area contributed by atoms with Gasteiger partial charge < -0.3 is 11.5 Å². The van der Waals surface area contributed by atoms with Gasteiger partial charge in [-0.25, -0.2) is 17.8 Å². The number of benzene rings is 1. The fourth-order valence-corrected chi connectivity index (χ4v) is 4.30. The van der Waals surface area contributed by atoms with Crippen LogP contribution in [0.15, 0.2) is 29.2 Å². The van der Waals surface area contributed by atoms with Crippen molar-refractivity contribution in [2.75, 3.05) is 12.3 Å². The Bertz CT molecular complexity index is 976. The van der Waals surface area contributed by atoms with E-state index in [0.717, 1.165) is 6.07 Å². The molecule has 2 heterocycles. The first-order valence-electron chi connectivity index (χ1n) is 7.54. The van der Waals surface area contributed by atoms with Gasteiger partial charge in [0.2, 0.25) is 10.0 Å². The zero-order valence-corrected chi connectivity index (χ0v) is 14.3. The van der Waals surface area contributed by atoms with E-state index in [9.17, 15) is 17.6 Å². The van der Waals surface area contributed by atoms with Crippen molar-refractivity contribution in [2.24, 2.45) is 5.73 Å². The molecule has 0 radical (unpaired) electrons. The molecule has 0 fully saturated rings. The van der Waals surface area contributed by atoms with Gasteiger partial charge in [0.05, 0.1) is 10.5 Å². The number of hydrogen-bond donors (Lipinski definition) is 2. The molecule has 7 nitrogen and oxygen atoms in total. The molecule has 3 rings (SSSR count). The molecule has 1 aromatic heterocycles. The highest BCUT2D eigenvalue weighted by Crippen LogP contribution is 2.27. The van der Waals surface area contributed by atoms with Crippen LogP contribution in [0, 0.1) is 12.7 Å². The summed E-state index contributed by atoms with van der Waals surface area (Å²) in [4.78, 5) is 15.6. The van der Waals surface area contributed by atoms with Gasteiger partial charge in [-0.2, -0.15) is 4.31 Å². The molecule has 0 saturated carbocycles. The lowest BCUT2D eigenvalue weighted by molar-refractivity contribution is 0.100. The minimum atomic E-state index is -3.80. The van der Waals surface area contributed by atoms with Gasteiger partial charge in [-0.15, -0.1) is 0 Å². The number of carbonyl (C=O) groups excluding carboxylic acids is 1. The zero-order chi connectivity index (χ0) is 18.4. The third-order valence-corrected chi connectivity index (χ3v) is 6.04. The van der Waals surface area contributed by atoms with Crippen LogP contribution in [0.1, 0.15) is 27.2 Å². The average Bonchev–Trinajstić information content (AvgIpc) is 2.55. The van der Waals surface area contributed by atoms with Crippen molar-refractivity contribution in [3.63, 3.8) is 0 Å². The van der Waals surface area contributed by atoms with Crippen molar-refractivity contribution < 1.29 is 17.6 Å². The number of sulfonamides is 1. The van der Waals surface area contributed by atoms with Crippen LogP contribution in [0.2, 0.25) is 0 Å². The Hall–Kier alpha value is -2.52. The third kappa shape index (κ3) is 3.08. The molecule has 9 heteroatoms. The maximum Gasteiger partial charge on any atom is 0.252 e. The highest BCUT2D eigenvalue weighted by atomic mass is 32.2. The predicted molar refractivity (Wildman–Crippen MR) is 89.6 cm³/mol. The summed E-state index contributed by atoms with van der Waals surface area (Å²) in [6.45, 7) is 1.77. The van der Waals surface area contributed by atoms with Crippen molar-refractivity contribution >= 4 is 21.7 Å². The Morgan fingerprint density at radius 1 is 1.32 bits per heavy atom. The largest absolute Gasteiger partial charge is 0.383 e. The lowest BCUT2D eigenvalue weighted by Crippen LogP contribution is -2.36. The molecule has 25 heavy (non-hydrogen) atoms. The second kappa shape index (κ2) is 6.08. The summed E-state index contributed by atoms with van der Waals surface area (Å²) in [5.41, 5.74) is 12.5.